The van der Waals surface area contributed by atoms with Crippen LogP contribution in [0.3, 0.4) is 0 Å². The summed E-state index contributed by atoms with van der Waals surface area (Å²) in [5.74, 6) is -2.03. The van der Waals surface area contributed by atoms with E-state index in [9.17, 15) is 27.2 Å². The van der Waals surface area contributed by atoms with Gasteiger partial charge in [-0.05, 0) is 43.4 Å². The van der Waals surface area contributed by atoms with E-state index in [1.165, 1.54) is 18.3 Å². The van der Waals surface area contributed by atoms with Gasteiger partial charge in [0.25, 0.3) is 11.5 Å². The van der Waals surface area contributed by atoms with Crippen LogP contribution in [0.25, 0.3) is 0 Å². The molecule has 30 heavy (non-hydrogen) atoms. The normalized spacial score (nSPS) is 18.7. The Morgan fingerprint density at radius 1 is 1.37 bits per heavy atom. The maximum atomic E-state index is 13.9. The molecule has 0 aromatic carbocycles. The molecule has 2 aromatic rings. The van der Waals surface area contributed by atoms with E-state index in [1.807, 2.05) is 0 Å². The third kappa shape index (κ3) is 4.86. The summed E-state index contributed by atoms with van der Waals surface area (Å²) in [6, 6.07) is 3.34. The fraction of sp³-hybridized carbons (Fsp3) is 0.450. The minimum Gasteiger partial charge on any atom is -0.380 e. The molecule has 10 heteroatoms. The van der Waals surface area contributed by atoms with Crippen LogP contribution in [-0.4, -0.2) is 34.7 Å². The minimum absolute atomic E-state index is 0.0376. The van der Waals surface area contributed by atoms with Gasteiger partial charge in [-0.1, -0.05) is 6.07 Å². The van der Waals surface area contributed by atoms with Crippen molar-refractivity contribution in [2.45, 2.75) is 44.4 Å². The van der Waals surface area contributed by atoms with E-state index in [4.69, 9.17) is 4.74 Å². The van der Waals surface area contributed by atoms with E-state index in [0.29, 0.717) is 19.4 Å². The zero-order chi connectivity index (χ0) is 21.9. The second-order valence-electron chi connectivity index (χ2n) is 7.05. The van der Waals surface area contributed by atoms with Gasteiger partial charge >= 0.3 is 6.18 Å². The molecule has 1 fully saturated rings. The predicted octanol–water partition coefficient (Wildman–Crippen LogP) is 3.11. The number of carbonyl (C=O) groups is 1. The van der Waals surface area contributed by atoms with Crippen molar-refractivity contribution in [3.05, 3.63) is 63.6 Å². The predicted molar refractivity (Wildman–Crippen MR) is 99.6 cm³/mol. The molecule has 2 aromatic heterocycles. The van der Waals surface area contributed by atoms with Gasteiger partial charge in [-0.15, -0.1) is 0 Å². The number of pyridine rings is 2. The number of nitrogens with zero attached hydrogens (tertiary/aromatic N) is 2. The molecular weight excluding hydrogens is 406 g/mol. The van der Waals surface area contributed by atoms with Gasteiger partial charge in [0, 0.05) is 31.6 Å². The molecule has 6 nitrogen and oxygen atoms in total. The van der Waals surface area contributed by atoms with Crippen molar-refractivity contribution in [3.63, 3.8) is 0 Å². The Kier molecular flexibility index (Phi) is 6.55. The third-order valence-electron chi connectivity index (χ3n) is 5.01. The number of halogens is 4. The van der Waals surface area contributed by atoms with Crippen LogP contribution in [-0.2, 0) is 17.5 Å². The van der Waals surface area contributed by atoms with Gasteiger partial charge in [0.1, 0.15) is 5.69 Å². The van der Waals surface area contributed by atoms with E-state index in [0.717, 1.165) is 16.8 Å². The van der Waals surface area contributed by atoms with Gasteiger partial charge in [0.15, 0.2) is 5.82 Å². The molecular formula is C20H21F4N3O3. The summed E-state index contributed by atoms with van der Waals surface area (Å²) in [4.78, 5) is 27.7. The summed E-state index contributed by atoms with van der Waals surface area (Å²) in [6.07, 6.45) is -1.57. The van der Waals surface area contributed by atoms with Crippen LogP contribution in [0.4, 0.5) is 17.6 Å². The summed E-state index contributed by atoms with van der Waals surface area (Å²) in [6.45, 7) is 2.50. The van der Waals surface area contributed by atoms with Gasteiger partial charge in [-0.2, -0.15) is 13.2 Å². The fourth-order valence-electron chi connectivity index (χ4n) is 3.44. The number of hydrogen-bond donors (Lipinski definition) is 1. The first-order valence-corrected chi connectivity index (χ1v) is 9.51. The van der Waals surface area contributed by atoms with Crippen LogP contribution in [0.5, 0.6) is 0 Å². The molecule has 1 aliphatic rings. The maximum absolute atomic E-state index is 13.9. The molecule has 1 aliphatic carbocycles. The number of hydrogen-bond acceptors (Lipinski definition) is 4. The first kappa shape index (κ1) is 21.9. The highest BCUT2D eigenvalue weighted by molar-refractivity contribution is 5.94. The van der Waals surface area contributed by atoms with Crippen molar-refractivity contribution in [1.82, 2.24) is 14.9 Å². The second kappa shape index (κ2) is 8.95. The molecule has 0 bridgehead atoms. The molecule has 2 heterocycles. The zero-order valence-corrected chi connectivity index (χ0v) is 16.2. The monoisotopic (exact) mass is 427 g/mol. The van der Waals surface area contributed by atoms with Crippen molar-refractivity contribution in [2.24, 2.45) is 0 Å². The number of ether oxygens (including phenoxy) is 1. The molecule has 162 valence electrons. The quantitative estimate of drug-likeness (QED) is 0.545. The molecule has 1 N–H and O–H groups in total. The summed E-state index contributed by atoms with van der Waals surface area (Å²) >= 11 is 0. The molecule has 0 unspecified atom stereocenters. The van der Waals surface area contributed by atoms with Gasteiger partial charge in [0.05, 0.1) is 12.2 Å². The maximum Gasteiger partial charge on any atom is 0.433 e. The van der Waals surface area contributed by atoms with Crippen molar-refractivity contribution in [1.29, 1.82) is 0 Å². The van der Waals surface area contributed by atoms with Crippen molar-refractivity contribution in [2.75, 3.05) is 13.2 Å². The lowest BCUT2D eigenvalue weighted by Crippen LogP contribution is -2.44. The van der Waals surface area contributed by atoms with E-state index in [-0.39, 0.29) is 36.2 Å². The number of aromatic nitrogens is 2. The van der Waals surface area contributed by atoms with Crippen LogP contribution in [0.2, 0.25) is 0 Å². The number of alkyl halides is 3. The highest BCUT2D eigenvalue weighted by Gasteiger charge is 2.40. The largest absolute Gasteiger partial charge is 0.433 e. The second-order valence-corrected chi connectivity index (χ2v) is 7.05. The van der Waals surface area contributed by atoms with Gasteiger partial charge in [-0.25, -0.2) is 4.39 Å². The van der Waals surface area contributed by atoms with E-state index >= 15 is 0 Å². The summed E-state index contributed by atoms with van der Waals surface area (Å²) in [5.41, 5.74) is -1.70. The van der Waals surface area contributed by atoms with Gasteiger partial charge in [-0.3, -0.25) is 14.6 Å². The minimum atomic E-state index is -4.54. The van der Waals surface area contributed by atoms with Crippen molar-refractivity contribution >= 4 is 5.91 Å². The number of nitrogens with one attached hydrogen (secondary N) is 1. The van der Waals surface area contributed by atoms with E-state index in [1.54, 1.807) is 6.92 Å². The summed E-state index contributed by atoms with van der Waals surface area (Å²) in [7, 11) is 0. The highest BCUT2D eigenvalue weighted by Crippen LogP contribution is 2.42. The summed E-state index contributed by atoms with van der Waals surface area (Å²) in [5, 5.41) is 2.68. The first-order chi connectivity index (χ1) is 14.2. The molecule has 0 saturated heterocycles. The van der Waals surface area contributed by atoms with Gasteiger partial charge < -0.3 is 14.6 Å². The lowest BCUT2D eigenvalue weighted by molar-refractivity contribution is -0.142. The Morgan fingerprint density at radius 2 is 2.10 bits per heavy atom. The molecule has 1 amide bonds. The lowest BCUT2D eigenvalue weighted by Gasteiger charge is -2.37. The average molecular weight is 427 g/mol. The molecule has 0 spiro atoms. The Bertz CT molecular complexity index is 968. The van der Waals surface area contributed by atoms with E-state index < -0.39 is 29.2 Å². The number of amides is 1. The molecule has 1 saturated carbocycles. The Hall–Kier alpha value is -2.75. The average Bonchev–Trinajstić information content (AvgIpc) is 2.66. The Labute approximate surface area is 169 Å². The van der Waals surface area contributed by atoms with Crippen molar-refractivity contribution < 1.29 is 27.1 Å². The fourth-order valence-corrected chi connectivity index (χ4v) is 3.44. The Balaban J connectivity index is 1.65. The topological polar surface area (TPSA) is 73.2 Å². The van der Waals surface area contributed by atoms with Crippen LogP contribution in [0.1, 0.15) is 47.3 Å². The highest BCUT2D eigenvalue weighted by atomic mass is 19.4. The molecule has 3 rings (SSSR count). The smallest absolute Gasteiger partial charge is 0.380 e. The van der Waals surface area contributed by atoms with Gasteiger partial charge in [0.2, 0.25) is 0 Å². The molecule has 0 radical (unpaired) electrons. The number of rotatable bonds is 7. The summed E-state index contributed by atoms with van der Waals surface area (Å²) < 4.78 is 59.5. The van der Waals surface area contributed by atoms with Crippen LogP contribution >= 0.6 is 0 Å². The van der Waals surface area contributed by atoms with Crippen LogP contribution in [0, 0.1) is 5.82 Å². The van der Waals surface area contributed by atoms with Crippen molar-refractivity contribution in [3.8, 4) is 0 Å². The Morgan fingerprint density at radius 3 is 2.77 bits per heavy atom. The SMILES string of the molecule is CCOCCn1cc(C(=O)NC2CC(c3cccnc3C(F)(F)F)C2)cc(F)c1=O. The number of carbonyl (C=O) groups excluding carboxylic acids is 1. The van der Waals surface area contributed by atoms with Crippen LogP contribution < -0.4 is 10.9 Å². The standard InChI is InChI=1S/C20H21F4N3O3/c1-2-30-7-6-27-11-13(10-16(21)19(27)29)18(28)26-14-8-12(9-14)15-4-3-5-25-17(15)20(22,23)24/h3-5,10-12,14H,2,6-9H2,1H3,(H,26,28). The zero-order valence-electron chi connectivity index (χ0n) is 16.2. The first-order valence-electron chi connectivity index (χ1n) is 9.51. The van der Waals surface area contributed by atoms with E-state index in [2.05, 4.69) is 10.3 Å². The third-order valence-corrected chi connectivity index (χ3v) is 5.01. The lowest BCUT2D eigenvalue weighted by atomic mass is 9.75. The molecule has 0 atom stereocenters. The molecule has 0 aliphatic heterocycles. The van der Waals surface area contributed by atoms with Crippen LogP contribution in [0.15, 0.2) is 35.4 Å².